The smallest absolute Gasteiger partial charge is 0.251 e. The van der Waals surface area contributed by atoms with E-state index < -0.39 is 29.6 Å². The second-order valence-electron chi connectivity index (χ2n) is 2.75. The SMILES string of the molecule is O=S(=O)(NCC(F)F)c1cc(CO)oc1Br. The van der Waals surface area contributed by atoms with Gasteiger partial charge in [0.05, 0.1) is 6.54 Å². The second-order valence-corrected chi connectivity index (χ2v) is 5.21. The number of aliphatic hydroxyl groups excluding tert-OH is 1. The van der Waals surface area contributed by atoms with Gasteiger partial charge in [-0.05, 0) is 15.9 Å². The van der Waals surface area contributed by atoms with Crippen LogP contribution in [0.2, 0.25) is 0 Å². The van der Waals surface area contributed by atoms with E-state index in [4.69, 9.17) is 9.52 Å². The Hall–Kier alpha value is -0.510. The molecule has 0 atom stereocenters. The Kier molecular flexibility index (Phi) is 4.42. The number of aliphatic hydroxyl groups is 1. The maximum atomic E-state index is 11.9. The lowest BCUT2D eigenvalue weighted by molar-refractivity contribution is 0.153. The fourth-order valence-electron chi connectivity index (χ4n) is 0.909. The van der Waals surface area contributed by atoms with E-state index in [0.29, 0.717) is 0 Å². The normalized spacial score (nSPS) is 12.3. The monoisotopic (exact) mass is 319 g/mol. The molecule has 9 heteroatoms. The van der Waals surface area contributed by atoms with Crippen molar-refractivity contribution in [1.29, 1.82) is 0 Å². The van der Waals surface area contributed by atoms with Gasteiger partial charge < -0.3 is 9.52 Å². The van der Waals surface area contributed by atoms with Gasteiger partial charge in [-0.15, -0.1) is 0 Å². The Morgan fingerprint density at radius 2 is 2.19 bits per heavy atom. The summed E-state index contributed by atoms with van der Waals surface area (Å²) in [6.45, 7) is -1.46. The quantitative estimate of drug-likeness (QED) is 0.851. The number of hydrogen-bond donors (Lipinski definition) is 2. The Morgan fingerprint density at radius 1 is 1.56 bits per heavy atom. The minimum absolute atomic E-state index is 0.0179. The average molecular weight is 320 g/mol. The molecule has 0 unspecified atom stereocenters. The first-order chi connectivity index (χ1) is 7.36. The molecule has 0 aliphatic heterocycles. The number of halogens is 3. The molecule has 5 nitrogen and oxygen atoms in total. The average Bonchev–Trinajstić information content (AvgIpc) is 2.57. The third-order valence-electron chi connectivity index (χ3n) is 1.58. The van der Waals surface area contributed by atoms with Gasteiger partial charge in [0.2, 0.25) is 10.0 Å². The van der Waals surface area contributed by atoms with E-state index in [2.05, 4.69) is 15.9 Å². The van der Waals surface area contributed by atoms with Crippen molar-refractivity contribution in [1.82, 2.24) is 4.72 Å². The van der Waals surface area contributed by atoms with Crippen LogP contribution in [0.3, 0.4) is 0 Å². The van der Waals surface area contributed by atoms with Crippen LogP contribution >= 0.6 is 15.9 Å². The molecule has 16 heavy (non-hydrogen) atoms. The third-order valence-corrected chi connectivity index (χ3v) is 3.86. The fourth-order valence-corrected chi connectivity index (χ4v) is 2.91. The predicted octanol–water partition coefficient (Wildman–Crippen LogP) is 1.08. The van der Waals surface area contributed by atoms with Crippen LogP contribution in [0, 0.1) is 0 Å². The number of alkyl halides is 2. The van der Waals surface area contributed by atoms with Crippen LogP contribution in [0.1, 0.15) is 5.76 Å². The summed E-state index contributed by atoms with van der Waals surface area (Å²) in [6, 6.07) is 1.05. The van der Waals surface area contributed by atoms with E-state index in [1.54, 1.807) is 4.72 Å². The Bertz CT molecular complexity index is 459. The molecule has 92 valence electrons. The minimum atomic E-state index is -4.06. The molecule has 0 saturated heterocycles. The summed E-state index contributed by atoms with van der Waals surface area (Å²) in [4.78, 5) is -0.322. The first-order valence-electron chi connectivity index (χ1n) is 4.03. The molecule has 2 N–H and O–H groups in total. The minimum Gasteiger partial charge on any atom is -0.450 e. The summed E-state index contributed by atoms with van der Waals surface area (Å²) in [5, 5.41) is 8.71. The van der Waals surface area contributed by atoms with Gasteiger partial charge in [0.15, 0.2) is 4.67 Å². The van der Waals surface area contributed by atoms with Crippen molar-refractivity contribution in [2.24, 2.45) is 0 Å². The number of furan rings is 1. The van der Waals surface area contributed by atoms with Crippen LogP contribution in [0.4, 0.5) is 8.78 Å². The van der Waals surface area contributed by atoms with Gasteiger partial charge in [0.1, 0.15) is 17.3 Å². The number of hydrogen-bond acceptors (Lipinski definition) is 4. The molecule has 0 spiro atoms. The molecule has 0 aromatic carbocycles. The lowest BCUT2D eigenvalue weighted by Crippen LogP contribution is -2.28. The fraction of sp³-hybridized carbons (Fsp3) is 0.429. The summed E-state index contributed by atoms with van der Waals surface area (Å²) in [5.41, 5.74) is 0. The second kappa shape index (κ2) is 5.21. The summed E-state index contributed by atoms with van der Waals surface area (Å²) in [5.74, 6) is 0.0179. The molecule has 0 aliphatic carbocycles. The van der Waals surface area contributed by atoms with E-state index in [-0.39, 0.29) is 15.3 Å². The Labute approximate surface area is 98.6 Å². The van der Waals surface area contributed by atoms with Gasteiger partial charge in [-0.2, -0.15) is 0 Å². The zero-order valence-electron chi connectivity index (χ0n) is 7.78. The van der Waals surface area contributed by atoms with Crippen LogP contribution in [0.25, 0.3) is 0 Å². The van der Waals surface area contributed by atoms with Gasteiger partial charge in [-0.3, -0.25) is 0 Å². The van der Waals surface area contributed by atoms with E-state index in [1.807, 2.05) is 0 Å². The van der Waals surface area contributed by atoms with Gasteiger partial charge in [0.25, 0.3) is 6.43 Å². The van der Waals surface area contributed by atoms with Crippen molar-refractivity contribution in [3.05, 3.63) is 16.5 Å². The molecule has 0 aliphatic rings. The molecule has 0 saturated carbocycles. The molecule has 1 rings (SSSR count). The zero-order chi connectivity index (χ0) is 12.3. The molecule has 1 heterocycles. The van der Waals surface area contributed by atoms with E-state index in [9.17, 15) is 17.2 Å². The van der Waals surface area contributed by atoms with Crippen molar-refractivity contribution < 1.29 is 26.7 Å². The molecule has 0 fully saturated rings. The van der Waals surface area contributed by atoms with Crippen LogP contribution < -0.4 is 4.72 Å². The maximum Gasteiger partial charge on any atom is 0.251 e. The van der Waals surface area contributed by atoms with Crippen molar-refractivity contribution in [2.75, 3.05) is 6.54 Å². The summed E-state index contributed by atoms with van der Waals surface area (Å²) in [7, 11) is -4.06. The molecule has 0 bridgehead atoms. The lowest BCUT2D eigenvalue weighted by atomic mass is 10.5. The zero-order valence-corrected chi connectivity index (χ0v) is 10.2. The van der Waals surface area contributed by atoms with E-state index in [1.165, 1.54) is 0 Å². The molecule has 0 radical (unpaired) electrons. The van der Waals surface area contributed by atoms with Crippen LogP contribution in [-0.4, -0.2) is 26.5 Å². The predicted molar refractivity (Wildman–Crippen MR) is 53.5 cm³/mol. The maximum absolute atomic E-state index is 11.9. The largest absolute Gasteiger partial charge is 0.450 e. The number of rotatable bonds is 5. The van der Waals surface area contributed by atoms with Crippen molar-refractivity contribution >= 4 is 26.0 Å². The highest BCUT2D eigenvalue weighted by Crippen LogP contribution is 2.25. The molecular weight excluding hydrogens is 312 g/mol. The van der Waals surface area contributed by atoms with Crippen molar-refractivity contribution in [3.63, 3.8) is 0 Å². The molecule has 0 amide bonds. The highest BCUT2D eigenvalue weighted by Gasteiger charge is 2.23. The van der Waals surface area contributed by atoms with E-state index in [0.717, 1.165) is 6.07 Å². The number of nitrogens with one attached hydrogen (secondary N) is 1. The van der Waals surface area contributed by atoms with Gasteiger partial charge >= 0.3 is 0 Å². The molecular formula is C7H8BrF2NO4S. The van der Waals surface area contributed by atoms with Crippen LogP contribution in [0.15, 0.2) is 20.0 Å². The summed E-state index contributed by atoms with van der Waals surface area (Å²) >= 11 is 2.82. The highest BCUT2D eigenvalue weighted by atomic mass is 79.9. The standard InChI is InChI=1S/C7H8BrF2NO4S/c8-7-5(1-4(3-12)15-7)16(13,14)11-2-6(9)10/h1,6,11-12H,2-3H2. The first-order valence-corrected chi connectivity index (χ1v) is 6.31. The van der Waals surface area contributed by atoms with Gasteiger partial charge in [-0.25, -0.2) is 21.9 Å². The number of sulfonamides is 1. The summed E-state index contributed by atoms with van der Waals surface area (Å²) < 4.78 is 53.0. The van der Waals surface area contributed by atoms with Crippen molar-refractivity contribution in [2.45, 2.75) is 17.9 Å². The van der Waals surface area contributed by atoms with Crippen LogP contribution in [0.5, 0.6) is 0 Å². The third kappa shape index (κ3) is 3.24. The summed E-state index contributed by atoms with van der Waals surface area (Å²) in [6.07, 6.45) is -2.78. The topological polar surface area (TPSA) is 79.5 Å². The van der Waals surface area contributed by atoms with Gasteiger partial charge in [-0.1, -0.05) is 0 Å². The first kappa shape index (κ1) is 13.6. The Balaban J connectivity index is 2.93. The highest BCUT2D eigenvalue weighted by molar-refractivity contribution is 9.10. The van der Waals surface area contributed by atoms with Crippen molar-refractivity contribution in [3.8, 4) is 0 Å². The molecule has 1 aromatic heterocycles. The van der Waals surface area contributed by atoms with E-state index >= 15 is 0 Å². The Morgan fingerprint density at radius 3 is 2.62 bits per heavy atom. The molecule has 1 aromatic rings. The van der Waals surface area contributed by atoms with Gasteiger partial charge in [0, 0.05) is 6.07 Å². The van der Waals surface area contributed by atoms with Crippen LogP contribution in [-0.2, 0) is 16.6 Å². The lowest BCUT2D eigenvalue weighted by Gasteiger charge is -2.03.